The van der Waals surface area contributed by atoms with Crippen LogP contribution in [0.2, 0.25) is 0 Å². The topological polar surface area (TPSA) is 56.2 Å². The quantitative estimate of drug-likeness (QED) is 0.681. The molecule has 0 amide bonds. The molecular formula is C12H14N2O3S. The van der Waals surface area contributed by atoms with Gasteiger partial charge in [0.05, 0.1) is 19.2 Å². The Hall–Kier alpha value is -1.82. The molecule has 1 N–H and O–H groups in total. The van der Waals surface area contributed by atoms with E-state index in [-0.39, 0.29) is 12.5 Å². The first-order valence-electron chi connectivity index (χ1n) is 5.58. The van der Waals surface area contributed by atoms with Gasteiger partial charge in [0.25, 0.3) is 0 Å². The molecule has 0 aliphatic rings. The number of nitrogens with one attached hydrogen (secondary N) is 1. The first kappa shape index (κ1) is 12.6. The molecule has 1 heterocycles. The predicted molar refractivity (Wildman–Crippen MR) is 70.3 cm³/mol. The third-order valence-electron chi connectivity index (χ3n) is 2.58. The van der Waals surface area contributed by atoms with Crippen LogP contribution in [0.4, 0.5) is 0 Å². The maximum absolute atomic E-state index is 11.5. The zero-order chi connectivity index (χ0) is 13.1. The third-order valence-corrected chi connectivity index (χ3v) is 2.91. The number of hydrogen-bond acceptors (Lipinski definition) is 4. The third kappa shape index (κ3) is 2.24. The SMILES string of the molecule is CCOC(=O)Cn1c(=S)[nH]c2c(OC)cccc21. The molecule has 0 aliphatic heterocycles. The summed E-state index contributed by atoms with van der Waals surface area (Å²) in [5.74, 6) is 0.388. The Labute approximate surface area is 109 Å². The lowest BCUT2D eigenvalue weighted by Crippen LogP contribution is -2.13. The van der Waals surface area contributed by atoms with Crippen molar-refractivity contribution in [3.8, 4) is 5.75 Å². The van der Waals surface area contributed by atoms with Crippen LogP contribution in [-0.4, -0.2) is 29.2 Å². The lowest BCUT2D eigenvalue weighted by Gasteiger charge is -2.05. The van der Waals surface area contributed by atoms with Crippen LogP contribution >= 0.6 is 12.2 Å². The summed E-state index contributed by atoms with van der Waals surface area (Å²) in [6.45, 7) is 2.23. The number of aromatic amines is 1. The second-order valence-corrected chi connectivity index (χ2v) is 4.06. The van der Waals surface area contributed by atoms with Gasteiger partial charge in [-0.1, -0.05) is 6.07 Å². The number of hydrogen-bond donors (Lipinski definition) is 1. The summed E-state index contributed by atoms with van der Waals surface area (Å²) in [5, 5.41) is 0. The van der Waals surface area contributed by atoms with Gasteiger partial charge in [-0.2, -0.15) is 0 Å². The summed E-state index contributed by atoms with van der Waals surface area (Å²) in [6.07, 6.45) is 0. The first-order chi connectivity index (χ1) is 8.67. The van der Waals surface area contributed by atoms with Crippen LogP contribution in [0.3, 0.4) is 0 Å². The van der Waals surface area contributed by atoms with Crippen molar-refractivity contribution in [2.24, 2.45) is 0 Å². The van der Waals surface area contributed by atoms with Crippen LogP contribution in [0.15, 0.2) is 18.2 Å². The second-order valence-electron chi connectivity index (χ2n) is 3.68. The molecule has 96 valence electrons. The van der Waals surface area contributed by atoms with E-state index in [2.05, 4.69) is 4.98 Å². The van der Waals surface area contributed by atoms with E-state index >= 15 is 0 Å². The monoisotopic (exact) mass is 266 g/mol. The minimum atomic E-state index is -0.308. The molecule has 0 saturated carbocycles. The molecule has 1 aromatic heterocycles. The second kappa shape index (κ2) is 5.22. The number of aromatic nitrogens is 2. The zero-order valence-corrected chi connectivity index (χ0v) is 11.0. The van der Waals surface area contributed by atoms with Gasteiger partial charge in [-0.15, -0.1) is 0 Å². The number of H-pyrrole nitrogens is 1. The van der Waals surface area contributed by atoms with Crippen molar-refractivity contribution in [1.82, 2.24) is 9.55 Å². The Morgan fingerprint density at radius 3 is 2.94 bits per heavy atom. The maximum Gasteiger partial charge on any atom is 0.326 e. The van der Waals surface area contributed by atoms with Crippen LogP contribution in [-0.2, 0) is 16.1 Å². The summed E-state index contributed by atoms with van der Waals surface area (Å²) >= 11 is 5.21. The molecule has 2 rings (SSSR count). The Morgan fingerprint density at radius 1 is 1.50 bits per heavy atom. The lowest BCUT2D eigenvalue weighted by atomic mass is 10.3. The molecule has 2 aromatic rings. The van der Waals surface area contributed by atoms with Crippen LogP contribution in [0, 0.1) is 4.77 Å². The number of nitrogens with zero attached hydrogens (tertiary/aromatic N) is 1. The van der Waals surface area contributed by atoms with Crippen LogP contribution in [0.25, 0.3) is 11.0 Å². The fourth-order valence-electron chi connectivity index (χ4n) is 1.82. The van der Waals surface area contributed by atoms with E-state index in [1.807, 2.05) is 18.2 Å². The lowest BCUT2D eigenvalue weighted by molar-refractivity contribution is -0.143. The van der Waals surface area contributed by atoms with Crippen LogP contribution in [0.5, 0.6) is 5.75 Å². The van der Waals surface area contributed by atoms with E-state index in [4.69, 9.17) is 21.7 Å². The van der Waals surface area contributed by atoms with Gasteiger partial charge in [0.15, 0.2) is 4.77 Å². The fraction of sp³-hybridized carbons (Fsp3) is 0.333. The van der Waals surface area contributed by atoms with Crippen molar-refractivity contribution in [2.75, 3.05) is 13.7 Å². The minimum absolute atomic E-state index is 0.0971. The van der Waals surface area contributed by atoms with Gasteiger partial charge in [-0.25, -0.2) is 0 Å². The van der Waals surface area contributed by atoms with Gasteiger partial charge in [0.2, 0.25) is 0 Å². The standard InChI is InChI=1S/C12H14N2O3S/c1-3-17-10(15)7-14-8-5-4-6-9(16-2)11(8)13-12(14)18/h4-6H,3,7H2,1-2H3,(H,13,18). The number of rotatable bonds is 4. The van der Waals surface area contributed by atoms with Crippen molar-refractivity contribution < 1.29 is 14.3 Å². The molecule has 0 atom stereocenters. The molecule has 0 fully saturated rings. The van der Waals surface area contributed by atoms with E-state index in [1.165, 1.54) is 0 Å². The summed E-state index contributed by atoms with van der Waals surface area (Å²) in [6, 6.07) is 5.57. The number of carbonyl (C=O) groups is 1. The number of fused-ring (bicyclic) bond motifs is 1. The Kier molecular flexibility index (Phi) is 3.66. The number of benzene rings is 1. The Morgan fingerprint density at radius 2 is 2.28 bits per heavy atom. The van der Waals surface area contributed by atoms with Gasteiger partial charge in [-0.3, -0.25) is 4.79 Å². The highest BCUT2D eigenvalue weighted by atomic mass is 32.1. The predicted octanol–water partition coefficient (Wildman–Crippen LogP) is 2.27. The number of esters is 1. The normalized spacial score (nSPS) is 10.6. The maximum atomic E-state index is 11.5. The first-order valence-corrected chi connectivity index (χ1v) is 5.99. The van der Waals surface area contributed by atoms with E-state index in [1.54, 1.807) is 18.6 Å². The summed E-state index contributed by atoms with van der Waals surface area (Å²) in [5.41, 5.74) is 1.61. The van der Waals surface area contributed by atoms with Crippen molar-refractivity contribution in [3.05, 3.63) is 23.0 Å². The smallest absolute Gasteiger partial charge is 0.326 e. The summed E-state index contributed by atoms with van der Waals surface area (Å²) in [4.78, 5) is 14.6. The highest BCUT2D eigenvalue weighted by Gasteiger charge is 2.11. The van der Waals surface area contributed by atoms with E-state index in [0.717, 1.165) is 11.0 Å². The summed E-state index contributed by atoms with van der Waals surface area (Å²) < 4.78 is 12.3. The molecule has 0 radical (unpaired) electrons. The van der Waals surface area contributed by atoms with E-state index in [9.17, 15) is 4.79 Å². The van der Waals surface area contributed by atoms with Crippen molar-refractivity contribution >= 4 is 29.2 Å². The highest BCUT2D eigenvalue weighted by Crippen LogP contribution is 2.24. The Bertz CT molecular complexity index is 630. The van der Waals surface area contributed by atoms with Crippen molar-refractivity contribution in [1.29, 1.82) is 0 Å². The molecule has 0 unspecified atom stereocenters. The van der Waals surface area contributed by atoms with Crippen LogP contribution < -0.4 is 4.74 Å². The molecule has 0 saturated heterocycles. The number of carbonyl (C=O) groups excluding carboxylic acids is 1. The van der Waals surface area contributed by atoms with Crippen molar-refractivity contribution in [3.63, 3.8) is 0 Å². The molecule has 6 heteroatoms. The molecule has 0 bridgehead atoms. The van der Waals surface area contributed by atoms with Gasteiger partial charge >= 0.3 is 5.97 Å². The van der Waals surface area contributed by atoms with Gasteiger partial charge in [0, 0.05) is 0 Å². The number of imidazole rings is 1. The van der Waals surface area contributed by atoms with Gasteiger partial charge in [-0.05, 0) is 31.3 Å². The minimum Gasteiger partial charge on any atom is -0.494 e. The molecular weight excluding hydrogens is 252 g/mol. The largest absolute Gasteiger partial charge is 0.494 e. The van der Waals surface area contributed by atoms with E-state index < -0.39 is 0 Å². The molecule has 0 spiro atoms. The number of methoxy groups -OCH3 is 1. The highest BCUT2D eigenvalue weighted by molar-refractivity contribution is 7.71. The average molecular weight is 266 g/mol. The fourth-order valence-corrected chi connectivity index (χ4v) is 2.08. The average Bonchev–Trinajstić information content (AvgIpc) is 2.66. The number of ether oxygens (including phenoxy) is 2. The Balaban J connectivity index is 2.48. The molecule has 5 nitrogen and oxygen atoms in total. The van der Waals surface area contributed by atoms with Crippen molar-refractivity contribution in [2.45, 2.75) is 13.5 Å². The number of para-hydroxylation sites is 1. The molecule has 18 heavy (non-hydrogen) atoms. The summed E-state index contributed by atoms with van der Waals surface area (Å²) in [7, 11) is 1.59. The van der Waals surface area contributed by atoms with Gasteiger partial charge in [0.1, 0.15) is 17.8 Å². The van der Waals surface area contributed by atoms with E-state index in [0.29, 0.717) is 17.1 Å². The zero-order valence-electron chi connectivity index (χ0n) is 10.2. The van der Waals surface area contributed by atoms with Gasteiger partial charge < -0.3 is 19.0 Å². The molecule has 1 aromatic carbocycles. The van der Waals surface area contributed by atoms with Crippen LogP contribution in [0.1, 0.15) is 6.92 Å². The molecule has 0 aliphatic carbocycles.